The number of anilines is 2. The van der Waals surface area contributed by atoms with E-state index >= 15 is 0 Å². The third-order valence-corrected chi connectivity index (χ3v) is 3.75. The fourth-order valence-corrected chi connectivity index (χ4v) is 2.62. The lowest BCUT2D eigenvalue weighted by molar-refractivity contribution is 0.524. The second-order valence-corrected chi connectivity index (χ2v) is 5.02. The minimum atomic E-state index is -0.780. The van der Waals surface area contributed by atoms with Crippen molar-refractivity contribution in [3.8, 4) is 0 Å². The van der Waals surface area contributed by atoms with Crippen molar-refractivity contribution in [2.75, 3.05) is 17.4 Å². The molecule has 0 unspecified atom stereocenters. The first-order valence-electron chi connectivity index (χ1n) is 6.69. The van der Waals surface area contributed by atoms with Crippen LogP contribution < -0.4 is 16.2 Å². The molecule has 1 fully saturated rings. The van der Waals surface area contributed by atoms with E-state index in [-0.39, 0.29) is 17.7 Å². The van der Waals surface area contributed by atoms with E-state index in [0.717, 1.165) is 31.7 Å². The monoisotopic (exact) mass is 270 g/mol. The summed E-state index contributed by atoms with van der Waals surface area (Å²) in [7, 11) is 1.81. The summed E-state index contributed by atoms with van der Waals surface area (Å²) in [5.41, 5.74) is 2.15. The van der Waals surface area contributed by atoms with Crippen molar-refractivity contribution >= 4 is 11.6 Å². The predicted octanol–water partition coefficient (Wildman–Crippen LogP) is 2.80. The summed E-state index contributed by atoms with van der Waals surface area (Å²) < 4.78 is 27.2. The van der Waals surface area contributed by atoms with Gasteiger partial charge in [0.2, 0.25) is 0 Å². The van der Waals surface area contributed by atoms with Gasteiger partial charge in [-0.3, -0.25) is 0 Å². The van der Waals surface area contributed by atoms with Crippen molar-refractivity contribution < 1.29 is 8.78 Å². The van der Waals surface area contributed by atoms with E-state index in [1.807, 2.05) is 0 Å². The SMILES string of the molecule is CN(c1nc(NN)c(F)cc1F)C1CCCCCC1. The number of nitrogens with one attached hydrogen (secondary N) is 1. The largest absolute Gasteiger partial charge is 0.354 e. The molecule has 1 aliphatic carbocycles. The van der Waals surface area contributed by atoms with Gasteiger partial charge in [-0.25, -0.2) is 19.6 Å². The highest BCUT2D eigenvalue weighted by molar-refractivity contribution is 5.49. The third kappa shape index (κ3) is 3.12. The fraction of sp³-hybridized carbons (Fsp3) is 0.615. The Morgan fingerprint density at radius 2 is 1.84 bits per heavy atom. The number of aromatic nitrogens is 1. The van der Waals surface area contributed by atoms with Gasteiger partial charge in [-0.05, 0) is 12.8 Å². The van der Waals surface area contributed by atoms with Crippen LogP contribution in [0.4, 0.5) is 20.4 Å². The third-order valence-electron chi connectivity index (χ3n) is 3.75. The van der Waals surface area contributed by atoms with Crippen LogP contribution in [0, 0.1) is 11.6 Å². The maximum absolute atomic E-state index is 13.9. The number of nitrogens with two attached hydrogens (primary N) is 1. The van der Waals surface area contributed by atoms with Crippen molar-refractivity contribution in [1.29, 1.82) is 0 Å². The van der Waals surface area contributed by atoms with Crippen LogP contribution in [-0.4, -0.2) is 18.1 Å². The first kappa shape index (κ1) is 14.0. The van der Waals surface area contributed by atoms with Gasteiger partial charge < -0.3 is 10.3 Å². The Labute approximate surface area is 112 Å². The Kier molecular flexibility index (Phi) is 4.52. The van der Waals surface area contributed by atoms with Crippen molar-refractivity contribution in [3.63, 3.8) is 0 Å². The highest BCUT2D eigenvalue weighted by Crippen LogP contribution is 2.27. The summed E-state index contributed by atoms with van der Waals surface area (Å²) in [6, 6.07) is 1.07. The number of hydrogen-bond donors (Lipinski definition) is 2. The van der Waals surface area contributed by atoms with Gasteiger partial charge in [0.25, 0.3) is 0 Å². The van der Waals surface area contributed by atoms with Gasteiger partial charge in [-0.1, -0.05) is 25.7 Å². The number of pyridine rings is 1. The lowest BCUT2D eigenvalue weighted by atomic mass is 10.1. The van der Waals surface area contributed by atoms with Crippen molar-refractivity contribution in [2.45, 2.75) is 44.6 Å². The molecule has 1 heterocycles. The molecule has 0 amide bonds. The van der Waals surface area contributed by atoms with Gasteiger partial charge in [0.05, 0.1) is 0 Å². The second-order valence-electron chi connectivity index (χ2n) is 5.02. The molecule has 6 heteroatoms. The molecule has 2 rings (SSSR count). The van der Waals surface area contributed by atoms with Crippen LogP contribution in [0.25, 0.3) is 0 Å². The first-order valence-corrected chi connectivity index (χ1v) is 6.69. The Morgan fingerprint density at radius 1 is 1.21 bits per heavy atom. The van der Waals surface area contributed by atoms with Crippen LogP contribution >= 0.6 is 0 Å². The van der Waals surface area contributed by atoms with Crippen LogP contribution in [0.15, 0.2) is 6.07 Å². The Morgan fingerprint density at radius 3 is 2.42 bits per heavy atom. The maximum Gasteiger partial charge on any atom is 0.178 e. The van der Waals surface area contributed by atoms with Crippen LogP contribution in [0.2, 0.25) is 0 Å². The van der Waals surface area contributed by atoms with Crippen molar-refractivity contribution in [3.05, 3.63) is 17.7 Å². The summed E-state index contributed by atoms with van der Waals surface area (Å²) in [5.74, 6) is 3.78. The van der Waals surface area contributed by atoms with E-state index in [1.165, 1.54) is 12.8 Å². The molecule has 0 atom stereocenters. The zero-order chi connectivity index (χ0) is 13.8. The topological polar surface area (TPSA) is 54.2 Å². The first-order chi connectivity index (χ1) is 9.13. The molecule has 0 aliphatic heterocycles. The Bertz CT molecular complexity index is 431. The molecule has 19 heavy (non-hydrogen) atoms. The summed E-state index contributed by atoms with van der Waals surface area (Å²) in [6.45, 7) is 0. The van der Waals surface area contributed by atoms with E-state index in [1.54, 1.807) is 11.9 Å². The minimum Gasteiger partial charge on any atom is -0.354 e. The summed E-state index contributed by atoms with van der Waals surface area (Å²) in [6.07, 6.45) is 6.75. The normalized spacial score (nSPS) is 17.1. The lowest BCUT2D eigenvalue weighted by Crippen LogP contribution is -2.33. The molecule has 106 valence electrons. The van der Waals surface area contributed by atoms with Gasteiger partial charge >= 0.3 is 0 Å². The molecule has 0 bridgehead atoms. The smallest absolute Gasteiger partial charge is 0.178 e. The second kappa shape index (κ2) is 6.14. The molecule has 3 N–H and O–H groups in total. The van der Waals surface area contributed by atoms with Gasteiger partial charge in [0.1, 0.15) is 0 Å². The summed E-state index contributed by atoms with van der Waals surface area (Å²) >= 11 is 0. The molecule has 0 saturated heterocycles. The van der Waals surface area contributed by atoms with Gasteiger partial charge in [-0.15, -0.1) is 0 Å². The molecule has 1 aromatic rings. The predicted molar refractivity (Wildman–Crippen MR) is 71.9 cm³/mol. The number of halogens is 2. The minimum absolute atomic E-state index is 0.128. The number of rotatable bonds is 3. The highest BCUT2D eigenvalue weighted by atomic mass is 19.1. The number of hydrogen-bond acceptors (Lipinski definition) is 4. The molecule has 0 aromatic carbocycles. The summed E-state index contributed by atoms with van der Waals surface area (Å²) in [5, 5.41) is 0. The van der Waals surface area contributed by atoms with E-state index in [2.05, 4.69) is 10.4 Å². The highest BCUT2D eigenvalue weighted by Gasteiger charge is 2.22. The molecule has 4 nitrogen and oxygen atoms in total. The van der Waals surface area contributed by atoms with Gasteiger partial charge in [-0.2, -0.15) is 0 Å². The van der Waals surface area contributed by atoms with Crippen LogP contribution in [-0.2, 0) is 0 Å². The standard InChI is InChI=1S/C13H20F2N4/c1-19(9-6-4-2-3-5-7-9)13-11(15)8-10(14)12(17-13)18-16/h8-9H,2-7,16H2,1H3,(H,17,18). The molecular formula is C13H20F2N4. The Balaban J connectivity index is 2.24. The van der Waals surface area contributed by atoms with E-state index < -0.39 is 11.6 Å². The molecule has 1 aliphatic rings. The number of nitrogen functional groups attached to an aromatic ring is 1. The van der Waals surface area contributed by atoms with Crippen molar-refractivity contribution in [1.82, 2.24) is 4.98 Å². The zero-order valence-electron chi connectivity index (χ0n) is 11.1. The van der Waals surface area contributed by atoms with E-state index in [4.69, 9.17) is 5.84 Å². The van der Waals surface area contributed by atoms with Crippen molar-refractivity contribution in [2.24, 2.45) is 5.84 Å². The molecular weight excluding hydrogens is 250 g/mol. The van der Waals surface area contributed by atoms with Crippen LogP contribution in [0.3, 0.4) is 0 Å². The Hall–Kier alpha value is -1.43. The van der Waals surface area contributed by atoms with Gasteiger partial charge in [0.15, 0.2) is 23.3 Å². The van der Waals surface area contributed by atoms with E-state index in [9.17, 15) is 8.78 Å². The van der Waals surface area contributed by atoms with Crippen LogP contribution in [0.5, 0.6) is 0 Å². The molecule has 1 saturated carbocycles. The molecule has 0 spiro atoms. The number of nitrogens with zero attached hydrogens (tertiary/aromatic N) is 2. The quantitative estimate of drug-likeness (QED) is 0.504. The fourth-order valence-electron chi connectivity index (χ4n) is 2.62. The number of hydrazine groups is 1. The van der Waals surface area contributed by atoms with Gasteiger partial charge in [0, 0.05) is 19.2 Å². The molecule has 1 aromatic heterocycles. The average molecular weight is 270 g/mol. The lowest BCUT2D eigenvalue weighted by Gasteiger charge is -2.28. The maximum atomic E-state index is 13.9. The molecule has 0 radical (unpaired) electrons. The average Bonchev–Trinajstić information content (AvgIpc) is 2.67. The zero-order valence-corrected chi connectivity index (χ0v) is 11.1. The van der Waals surface area contributed by atoms with Crippen LogP contribution in [0.1, 0.15) is 38.5 Å². The van der Waals surface area contributed by atoms with E-state index in [0.29, 0.717) is 0 Å². The summed E-state index contributed by atoms with van der Waals surface area (Å²) in [4.78, 5) is 5.74.